The number of H-pyrrole nitrogens is 1. The van der Waals surface area contributed by atoms with E-state index in [2.05, 4.69) is 36.5 Å². The van der Waals surface area contributed by atoms with E-state index in [1.54, 1.807) is 24.3 Å². The minimum absolute atomic E-state index is 0.0723. The van der Waals surface area contributed by atoms with Crippen LogP contribution in [-0.2, 0) is 4.79 Å². The quantitative estimate of drug-likeness (QED) is 0.447. The summed E-state index contributed by atoms with van der Waals surface area (Å²) in [5.41, 5.74) is 2.79. The number of aromatic nitrogens is 1. The molecule has 0 saturated carbocycles. The predicted molar refractivity (Wildman–Crippen MR) is 111 cm³/mol. The van der Waals surface area contributed by atoms with Crippen LogP contribution in [-0.4, -0.2) is 21.9 Å². The van der Waals surface area contributed by atoms with Crippen molar-refractivity contribution in [1.82, 2.24) is 4.98 Å². The molecule has 3 rings (SSSR count). The van der Waals surface area contributed by atoms with Crippen molar-refractivity contribution in [3.05, 3.63) is 52.0 Å². The first-order valence-electron chi connectivity index (χ1n) is 8.76. The zero-order valence-corrected chi connectivity index (χ0v) is 17.0. The third kappa shape index (κ3) is 4.12. The van der Waals surface area contributed by atoms with Gasteiger partial charge in [0.25, 0.3) is 5.91 Å². The monoisotopic (exact) mass is 442 g/mol. The Labute approximate surface area is 170 Å². The summed E-state index contributed by atoms with van der Waals surface area (Å²) in [6.45, 7) is 3.85. The highest BCUT2D eigenvalue weighted by atomic mass is 79.9. The number of aromatic hydroxyl groups is 1. The van der Waals surface area contributed by atoms with Crippen molar-refractivity contribution in [1.29, 1.82) is 0 Å². The van der Waals surface area contributed by atoms with Crippen LogP contribution in [0.3, 0.4) is 0 Å². The molecule has 0 saturated heterocycles. The fourth-order valence-corrected chi connectivity index (χ4v) is 3.25. The number of hydrogen-bond acceptors (Lipinski definition) is 4. The molecule has 144 valence electrons. The van der Waals surface area contributed by atoms with Gasteiger partial charge in [0, 0.05) is 27.5 Å². The zero-order valence-electron chi connectivity index (χ0n) is 15.4. The van der Waals surface area contributed by atoms with Crippen LogP contribution in [0.15, 0.2) is 51.1 Å². The second-order valence-corrected chi connectivity index (χ2v) is 7.11. The molecule has 1 heterocycles. The van der Waals surface area contributed by atoms with E-state index in [0.717, 1.165) is 16.5 Å². The molecule has 7 nitrogen and oxygen atoms in total. The maximum Gasteiger partial charge on any atom is 0.295 e. The van der Waals surface area contributed by atoms with E-state index >= 15 is 0 Å². The number of aromatic amines is 1. The standard InChI is InChI=1S/C20H19BrN4O3/c1-3-4-15(26)22-13-8-6-12(7-9-13)19(27)25-24-18-16-14(23-20(18)28)10-5-11(2)17(16)21/h5-10,23,28H,3-4H2,1-2H3,(H,22,26). The lowest BCUT2D eigenvalue weighted by molar-refractivity contribution is -0.116. The zero-order chi connectivity index (χ0) is 20.3. The van der Waals surface area contributed by atoms with Crippen LogP contribution in [0.2, 0.25) is 0 Å². The average molecular weight is 443 g/mol. The van der Waals surface area contributed by atoms with E-state index < -0.39 is 5.91 Å². The van der Waals surface area contributed by atoms with Gasteiger partial charge >= 0.3 is 0 Å². The molecule has 0 aliphatic carbocycles. The topological polar surface area (TPSA) is 107 Å². The number of anilines is 1. The molecule has 28 heavy (non-hydrogen) atoms. The molecule has 0 unspecified atom stereocenters. The number of amides is 2. The normalized spacial score (nSPS) is 11.2. The number of hydrogen-bond donors (Lipinski definition) is 3. The Balaban J connectivity index is 1.81. The molecule has 2 aromatic carbocycles. The Morgan fingerprint density at radius 3 is 2.57 bits per heavy atom. The van der Waals surface area contributed by atoms with E-state index in [-0.39, 0.29) is 17.5 Å². The number of carbonyl (C=O) groups excluding carboxylic acids is 2. The summed E-state index contributed by atoms with van der Waals surface area (Å²) in [5, 5.41) is 21.2. The van der Waals surface area contributed by atoms with Gasteiger partial charge in [0.1, 0.15) is 0 Å². The van der Waals surface area contributed by atoms with Crippen LogP contribution in [0.25, 0.3) is 10.9 Å². The van der Waals surface area contributed by atoms with Gasteiger partial charge in [0.05, 0.1) is 5.52 Å². The highest BCUT2D eigenvalue weighted by Crippen LogP contribution is 2.41. The molecule has 3 N–H and O–H groups in total. The Bertz CT molecular complexity index is 1070. The molecule has 3 aromatic rings. The maximum absolute atomic E-state index is 12.3. The summed E-state index contributed by atoms with van der Waals surface area (Å²) in [5.74, 6) is -0.784. The minimum atomic E-state index is -0.552. The van der Waals surface area contributed by atoms with Crippen molar-refractivity contribution >= 4 is 50.0 Å². The van der Waals surface area contributed by atoms with Gasteiger partial charge in [-0.1, -0.05) is 13.0 Å². The second kappa shape index (κ2) is 8.35. The first kappa shape index (κ1) is 19.8. The lowest BCUT2D eigenvalue weighted by atomic mass is 10.1. The highest BCUT2D eigenvalue weighted by Gasteiger charge is 2.15. The summed E-state index contributed by atoms with van der Waals surface area (Å²) in [4.78, 5) is 26.8. The van der Waals surface area contributed by atoms with Gasteiger partial charge in [0.2, 0.25) is 11.8 Å². The van der Waals surface area contributed by atoms with Gasteiger partial charge in [-0.25, -0.2) is 0 Å². The molecule has 0 spiro atoms. The van der Waals surface area contributed by atoms with Crippen molar-refractivity contribution in [2.75, 3.05) is 5.32 Å². The summed E-state index contributed by atoms with van der Waals surface area (Å²) < 4.78 is 0.773. The molecule has 0 aliphatic heterocycles. The van der Waals surface area contributed by atoms with Crippen LogP contribution in [0, 0.1) is 6.92 Å². The molecule has 1 aromatic heterocycles. The molecule has 0 atom stereocenters. The van der Waals surface area contributed by atoms with Crippen molar-refractivity contribution in [3.63, 3.8) is 0 Å². The number of fused-ring (bicyclic) bond motifs is 1. The van der Waals surface area contributed by atoms with Crippen molar-refractivity contribution in [2.24, 2.45) is 10.2 Å². The number of benzene rings is 2. The second-order valence-electron chi connectivity index (χ2n) is 6.32. The third-order valence-corrected chi connectivity index (χ3v) is 5.20. The summed E-state index contributed by atoms with van der Waals surface area (Å²) in [6.07, 6.45) is 1.21. The van der Waals surface area contributed by atoms with E-state index in [4.69, 9.17) is 0 Å². The van der Waals surface area contributed by atoms with Crippen molar-refractivity contribution in [3.8, 4) is 5.88 Å². The minimum Gasteiger partial charge on any atom is -0.493 e. The van der Waals surface area contributed by atoms with E-state index in [1.165, 1.54) is 0 Å². The van der Waals surface area contributed by atoms with Crippen molar-refractivity contribution < 1.29 is 14.7 Å². The van der Waals surface area contributed by atoms with Crippen LogP contribution < -0.4 is 5.32 Å². The molecule has 8 heteroatoms. The first-order chi connectivity index (χ1) is 13.4. The number of halogens is 1. The SMILES string of the molecule is CCCC(=O)Nc1ccc(C(=O)N=Nc2c(O)[nH]c3ccc(C)c(Br)c23)cc1. The molecule has 0 fully saturated rings. The number of aryl methyl sites for hydroxylation is 1. The van der Waals surface area contributed by atoms with Crippen LogP contribution in [0.4, 0.5) is 11.4 Å². The van der Waals surface area contributed by atoms with Crippen LogP contribution in [0.1, 0.15) is 35.7 Å². The number of nitrogens with zero attached hydrogens (tertiary/aromatic N) is 2. The lowest BCUT2D eigenvalue weighted by Crippen LogP contribution is -2.10. The first-order valence-corrected chi connectivity index (χ1v) is 9.55. The van der Waals surface area contributed by atoms with Crippen molar-refractivity contribution in [2.45, 2.75) is 26.7 Å². The summed E-state index contributed by atoms with van der Waals surface area (Å²) in [6, 6.07) is 10.1. The molecule has 0 bridgehead atoms. The number of nitrogens with one attached hydrogen (secondary N) is 2. The molecular formula is C20H19BrN4O3. The van der Waals surface area contributed by atoms with Gasteiger partial charge < -0.3 is 15.4 Å². The van der Waals surface area contributed by atoms with Gasteiger partial charge in [-0.15, -0.1) is 10.2 Å². The van der Waals surface area contributed by atoms with E-state index in [1.807, 2.05) is 26.0 Å². The van der Waals surface area contributed by atoms with Gasteiger partial charge in [-0.3, -0.25) is 9.59 Å². The number of rotatable bonds is 5. The molecule has 0 radical (unpaired) electrons. The lowest BCUT2D eigenvalue weighted by Gasteiger charge is -2.04. The Hall–Kier alpha value is -3.00. The Morgan fingerprint density at radius 1 is 1.18 bits per heavy atom. The van der Waals surface area contributed by atoms with Gasteiger partial charge in [0.15, 0.2) is 5.69 Å². The highest BCUT2D eigenvalue weighted by molar-refractivity contribution is 9.10. The fraction of sp³-hybridized carbons (Fsp3) is 0.200. The fourth-order valence-electron chi connectivity index (χ4n) is 2.72. The molecule has 2 amide bonds. The van der Waals surface area contributed by atoms with Crippen LogP contribution >= 0.6 is 15.9 Å². The average Bonchev–Trinajstić information content (AvgIpc) is 2.99. The molecular weight excluding hydrogens is 424 g/mol. The largest absolute Gasteiger partial charge is 0.493 e. The Kier molecular flexibility index (Phi) is 5.89. The predicted octanol–water partition coefficient (Wildman–Crippen LogP) is 5.61. The smallest absolute Gasteiger partial charge is 0.295 e. The maximum atomic E-state index is 12.3. The van der Waals surface area contributed by atoms with Gasteiger partial charge in [-0.05, 0) is 65.2 Å². The summed E-state index contributed by atoms with van der Waals surface area (Å²) in [7, 11) is 0. The third-order valence-electron chi connectivity index (χ3n) is 4.18. The molecule has 0 aliphatic rings. The number of carbonyl (C=O) groups is 2. The summed E-state index contributed by atoms with van der Waals surface area (Å²) >= 11 is 3.48. The number of azo groups is 1. The van der Waals surface area contributed by atoms with Gasteiger partial charge in [-0.2, -0.15) is 0 Å². The van der Waals surface area contributed by atoms with E-state index in [9.17, 15) is 14.7 Å². The Morgan fingerprint density at radius 2 is 1.89 bits per heavy atom. The van der Waals surface area contributed by atoms with E-state index in [0.29, 0.717) is 28.6 Å². The van der Waals surface area contributed by atoms with Crippen LogP contribution in [0.5, 0.6) is 5.88 Å².